The van der Waals surface area contributed by atoms with Gasteiger partial charge in [0.05, 0.1) is 18.1 Å². The average Bonchev–Trinajstić information content (AvgIpc) is 3.08. The standard InChI is InChI=1S/C11H20N2O4S/c14-5-4-13(10-1-2-10)11(15)7-9-8-18(16,17)6-3-12-9/h9-10,12,14H,1-8H2. The number of aliphatic hydroxyl groups excluding tert-OH is 1. The van der Waals surface area contributed by atoms with Crippen LogP contribution in [0.5, 0.6) is 0 Å². The smallest absolute Gasteiger partial charge is 0.224 e. The Bertz CT molecular complexity index is 405. The van der Waals surface area contributed by atoms with E-state index in [2.05, 4.69) is 5.32 Å². The number of nitrogens with one attached hydrogen (secondary N) is 1. The van der Waals surface area contributed by atoms with Crippen molar-refractivity contribution in [1.29, 1.82) is 0 Å². The molecular formula is C11H20N2O4S. The summed E-state index contributed by atoms with van der Waals surface area (Å²) < 4.78 is 23.0. The largest absolute Gasteiger partial charge is 0.395 e. The van der Waals surface area contributed by atoms with E-state index in [0.29, 0.717) is 13.1 Å². The predicted octanol–water partition coefficient (Wildman–Crippen LogP) is -1.25. The maximum Gasteiger partial charge on any atom is 0.224 e. The summed E-state index contributed by atoms with van der Waals surface area (Å²) in [6.45, 7) is 0.727. The Morgan fingerprint density at radius 2 is 2.11 bits per heavy atom. The number of amides is 1. The molecule has 6 nitrogen and oxygen atoms in total. The van der Waals surface area contributed by atoms with E-state index in [1.54, 1.807) is 4.90 Å². The summed E-state index contributed by atoms with van der Waals surface area (Å²) in [6.07, 6.45) is 2.18. The third-order valence-corrected chi connectivity index (χ3v) is 5.11. The Morgan fingerprint density at radius 3 is 2.67 bits per heavy atom. The van der Waals surface area contributed by atoms with E-state index in [4.69, 9.17) is 5.11 Å². The highest BCUT2D eigenvalue weighted by molar-refractivity contribution is 7.91. The van der Waals surface area contributed by atoms with Gasteiger partial charge in [-0.1, -0.05) is 0 Å². The van der Waals surface area contributed by atoms with Gasteiger partial charge in [0.15, 0.2) is 9.84 Å². The van der Waals surface area contributed by atoms with Crippen molar-refractivity contribution in [3.8, 4) is 0 Å². The molecule has 1 unspecified atom stereocenters. The lowest BCUT2D eigenvalue weighted by molar-refractivity contribution is -0.132. The summed E-state index contributed by atoms with van der Waals surface area (Å²) in [5.74, 6) is 0.137. The molecule has 1 saturated heterocycles. The van der Waals surface area contributed by atoms with Crippen molar-refractivity contribution >= 4 is 15.7 Å². The van der Waals surface area contributed by atoms with Gasteiger partial charge in [0.25, 0.3) is 0 Å². The fraction of sp³-hybridized carbons (Fsp3) is 0.909. The Hall–Kier alpha value is -0.660. The summed E-state index contributed by atoms with van der Waals surface area (Å²) in [7, 11) is -3.00. The molecule has 1 atom stereocenters. The molecule has 0 aromatic carbocycles. The van der Waals surface area contributed by atoms with Crippen LogP contribution < -0.4 is 5.32 Å². The minimum Gasteiger partial charge on any atom is -0.395 e. The van der Waals surface area contributed by atoms with Crippen molar-refractivity contribution < 1.29 is 18.3 Å². The van der Waals surface area contributed by atoms with Crippen molar-refractivity contribution in [1.82, 2.24) is 10.2 Å². The monoisotopic (exact) mass is 276 g/mol. The molecule has 2 aliphatic rings. The van der Waals surface area contributed by atoms with Gasteiger partial charge in [0.2, 0.25) is 5.91 Å². The van der Waals surface area contributed by atoms with E-state index >= 15 is 0 Å². The molecule has 0 spiro atoms. The number of carbonyl (C=O) groups excluding carboxylic acids is 1. The average molecular weight is 276 g/mol. The highest BCUT2D eigenvalue weighted by atomic mass is 32.2. The number of carbonyl (C=O) groups is 1. The molecule has 104 valence electrons. The first-order valence-corrected chi connectivity index (χ1v) is 8.18. The molecule has 1 saturated carbocycles. The second-order valence-corrected chi connectivity index (χ2v) is 7.24. The van der Waals surface area contributed by atoms with Crippen LogP contribution in [0.3, 0.4) is 0 Å². The van der Waals surface area contributed by atoms with Crippen LogP contribution in [0.25, 0.3) is 0 Å². The van der Waals surface area contributed by atoms with Crippen LogP contribution in [-0.4, -0.2) is 67.6 Å². The molecule has 1 aliphatic carbocycles. The second-order valence-electron chi connectivity index (χ2n) is 5.01. The van der Waals surface area contributed by atoms with E-state index in [1.807, 2.05) is 0 Å². The fourth-order valence-corrected chi connectivity index (χ4v) is 3.78. The van der Waals surface area contributed by atoms with Gasteiger partial charge in [-0.05, 0) is 12.8 Å². The number of hydrogen-bond acceptors (Lipinski definition) is 5. The Balaban J connectivity index is 1.89. The molecule has 2 rings (SSSR count). The highest BCUT2D eigenvalue weighted by Gasteiger charge is 2.34. The number of sulfone groups is 1. The number of rotatable bonds is 5. The lowest BCUT2D eigenvalue weighted by Gasteiger charge is -2.27. The topological polar surface area (TPSA) is 86.7 Å². The molecule has 18 heavy (non-hydrogen) atoms. The van der Waals surface area contributed by atoms with Crippen LogP contribution >= 0.6 is 0 Å². The van der Waals surface area contributed by atoms with Crippen molar-refractivity contribution in [3.63, 3.8) is 0 Å². The first-order chi connectivity index (χ1) is 8.52. The zero-order chi connectivity index (χ0) is 13.2. The van der Waals surface area contributed by atoms with Crippen molar-refractivity contribution in [3.05, 3.63) is 0 Å². The maximum absolute atomic E-state index is 12.1. The van der Waals surface area contributed by atoms with Crippen molar-refractivity contribution in [2.75, 3.05) is 31.2 Å². The normalized spacial score (nSPS) is 26.8. The van der Waals surface area contributed by atoms with E-state index < -0.39 is 9.84 Å². The van der Waals surface area contributed by atoms with Crippen molar-refractivity contribution in [2.24, 2.45) is 0 Å². The lowest BCUT2D eigenvalue weighted by atomic mass is 10.2. The molecular weight excluding hydrogens is 256 g/mol. The van der Waals surface area contributed by atoms with Crippen LogP contribution in [0.4, 0.5) is 0 Å². The summed E-state index contributed by atoms with van der Waals surface area (Å²) >= 11 is 0. The highest BCUT2D eigenvalue weighted by Crippen LogP contribution is 2.27. The SMILES string of the molecule is O=C(CC1CS(=O)(=O)CCN1)N(CCO)C1CC1. The van der Waals surface area contributed by atoms with Crippen LogP contribution in [0.15, 0.2) is 0 Å². The summed E-state index contributed by atoms with van der Waals surface area (Å²) in [5, 5.41) is 12.0. The van der Waals surface area contributed by atoms with E-state index in [1.165, 1.54) is 0 Å². The predicted molar refractivity (Wildman–Crippen MR) is 66.9 cm³/mol. The van der Waals surface area contributed by atoms with Gasteiger partial charge in [-0.25, -0.2) is 8.42 Å². The van der Waals surface area contributed by atoms with E-state index in [0.717, 1.165) is 12.8 Å². The van der Waals surface area contributed by atoms with Crippen molar-refractivity contribution in [2.45, 2.75) is 31.3 Å². The molecule has 0 aromatic rings. The lowest BCUT2D eigenvalue weighted by Crippen LogP contribution is -2.48. The van der Waals surface area contributed by atoms with Gasteiger partial charge in [-0.15, -0.1) is 0 Å². The van der Waals surface area contributed by atoms with Crippen LogP contribution in [0.2, 0.25) is 0 Å². The van der Waals surface area contributed by atoms with Gasteiger partial charge in [-0.3, -0.25) is 4.79 Å². The number of nitrogens with zero attached hydrogens (tertiary/aromatic N) is 1. The summed E-state index contributed by atoms with van der Waals surface area (Å²) in [5.41, 5.74) is 0. The van der Waals surface area contributed by atoms with E-state index in [9.17, 15) is 13.2 Å². The molecule has 1 heterocycles. The third-order valence-electron chi connectivity index (χ3n) is 3.37. The van der Waals surface area contributed by atoms with Gasteiger partial charge in [0.1, 0.15) is 0 Å². The Morgan fingerprint density at radius 1 is 1.39 bits per heavy atom. The zero-order valence-electron chi connectivity index (χ0n) is 10.3. The van der Waals surface area contributed by atoms with Crippen LogP contribution in [-0.2, 0) is 14.6 Å². The second kappa shape index (κ2) is 5.54. The summed E-state index contributed by atoms with van der Waals surface area (Å²) in [6, 6.07) is -0.0268. The van der Waals surface area contributed by atoms with Gasteiger partial charge in [0, 0.05) is 31.6 Å². The maximum atomic E-state index is 12.1. The first kappa shape index (κ1) is 13.8. The first-order valence-electron chi connectivity index (χ1n) is 6.36. The van der Waals surface area contributed by atoms with Crippen LogP contribution in [0.1, 0.15) is 19.3 Å². The Kier molecular flexibility index (Phi) is 4.24. The number of aliphatic hydroxyl groups is 1. The summed E-state index contributed by atoms with van der Waals surface area (Å²) in [4.78, 5) is 13.8. The van der Waals surface area contributed by atoms with E-state index in [-0.39, 0.29) is 42.5 Å². The molecule has 0 bridgehead atoms. The molecule has 7 heteroatoms. The molecule has 1 amide bonds. The Labute approximate surface area is 107 Å². The van der Waals surface area contributed by atoms with Gasteiger partial charge >= 0.3 is 0 Å². The van der Waals surface area contributed by atoms with Gasteiger partial charge < -0.3 is 15.3 Å². The quantitative estimate of drug-likeness (QED) is 0.655. The number of hydrogen-bond donors (Lipinski definition) is 2. The molecule has 0 aromatic heterocycles. The fourth-order valence-electron chi connectivity index (χ4n) is 2.33. The zero-order valence-corrected chi connectivity index (χ0v) is 11.2. The molecule has 2 fully saturated rings. The molecule has 0 radical (unpaired) electrons. The third kappa shape index (κ3) is 3.66. The van der Waals surface area contributed by atoms with Crippen LogP contribution in [0, 0.1) is 0 Å². The molecule has 1 aliphatic heterocycles. The van der Waals surface area contributed by atoms with Gasteiger partial charge in [-0.2, -0.15) is 0 Å². The minimum atomic E-state index is -3.00. The minimum absolute atomic E-state index is 0.0381. The molecule has 2 N–H and O–H groups in total.